The molecule has 1 N–H and O–H groups in total. The number of amides is 1. The highest BCUT2D eigenvalue weighted by Gasteiger charge is 2.34. The Morgan fingerprint density at radius 3 is 2.33 bits per heavy atom. The highest BCUT2D eigenvalue weighted by Crippen LogP contribution is 2.17. The molecule has 18 heavy (non-hydrogen) atoms. The maximum Gasteiger partial charge on any atom is 0.410 e. The molecule has 1 atom stereocenters. The fourth-order valence-electron chi connectivity index (χ4n) is 2.14. The first-order valence-corrected chi connectivity index (χ1v) is 6.97. The van der Waals surface area contributed by atoms with Gasteiger partial charge in [-0.25, -0.2) is 4.79 Å². The minimum Gasteiger partial charge on any atom is -0.444 e. The summed E-state index contributed by atoms with van der Waals surface area (Å²) in [4.78, 5) is 13.5. The second kappa shape index (κ2) is 5.91. The van der Waals surface area contributed by atoms with Crippen LogP contribution < -0.4 is 5.32 Å². The van der Waals surface area contributed by atoms with Crippen LogP contribution >= 0.6 is 0 Å². The third-order valence-corrected chi connectivity index (χ3v) is 3.23. The van der Waals surface area contributed by atoms with E-state index in [0.29, 0.717) is 18.0 Å². The summed E-state index contributed by atoms with van der Waals surface area (Å²) in [6, 6.07) is 0.959. The number of likely N-dealkylation sites (tertiary alicyclic amines) is 1. The Labute approximate surface area is 111 Å². The van der Waals surface area contributed by atoms with Gasteiger partial charge < -0.3 is 15.0 Å². The fraction of sp³-hybridized carbons (Fsp3) is 0.929. The Bertz CT molecular complexity index is 278. The van der Waals surface area contributed by atoms with E-state index in [0.717, 1.165) is 19.5 Å². The van der Waals surface area contributed by atoms with E-state index < -0.39 is 5.60 Å². The summed E-state index contributed by atoms with van der Waals surface area (Å²) in [5.41, 5.74) is -0.403. The normalized spacial score (nSPS) is 18.7. The van der Waals surface area contributed by atoms with Gasteiger partial charge in [0.2, 0.25) is 0 Å². The summed E-state index contributed by atoms with van der Waals surface area (Å²) < 4.78 is 5.33. The minimum atomic E-state index is -0.403. The Balaban J connectivity index is 2.29. The maximum atomic E-state index is 11.8. The van der Waals surface area contributed by atoms with Crippen molar-refractivity contribution in [2.24, 2.45) is 5.92 Å². The van der Waals surface area contributed by atoms with E-state index in [4.69, 9.17) is 4.74 Å². The van der Waals surface area contributed by atoms with Crippen molar-refractivity contribution in [2.45, 2.75) is 65.6 Å². The topological polar surface area (TPSA) is 41.6 Å². The molecule has 0 spiro atoms. The molecule has 0 aromatic heterocycles. The van der Waals surface area contributed by atoms with Crippen LogP contribution in [-0.4, -0.2) is 41.8 Å². The zero-order valence-electron chi connectivity index (χ0n) is 12.6. The van der Waals surface area contributed by atoms with Gasteiger partial charge in [-0.3, -0.25) is 0 Å². The monoisotopic (exact) mass is 256 g/mol. The highest BCUT2D eigenvalue weighted by atomic mass is 16.6. The largest absolute Gasteiger partial charge is 0.444 e. The minimum absolute atomic E-state index is 0.196. The zero-order valence-corrected chi connectivity index (χ0v) is 12.6. The van der Waals surface area contributed by atoms with E-state index in [1.165, 1.54) is 0 Å². The number of hydrogen-bond donors (Lipinski definition) is 1. The van der Waals surface area contributed by atoms with Crippen molar-refractivity contribution in [3.8, 4) is 0 Å². The molecule has 0 aliphatic carbocycles. The van der Waals surface area contributed by atoms with Crippen LogP contribution in [0.1, 0.15) is 48.0 Å². The van der Waals surface area contributed by atoms with E-state index in [1.807, 2.05) is 20.8 Å². The van der Waals surface area contributed by atoms with Crippen molar-refractivity contribution in [1.29, 1.82) is 0 Å². The summed E-state index contributed by atoms with van der Waals surface area (Å²) in [6.07, 6.45) is 0.929. The Kier molecular flexibility index (Phi) is 5.02. The highest BCUT2D eigenvalue weighted by molar-refractivity contribution is 5.69. The quantitative estimate of drug-likeness (QED) is 0.840. The van der Waals surface area contributed by atoms with Gasteiger partial charge in [0.05, 0.1) is 0 Å². The number of ether oxygens (including phenoxy) is 1. The molecule has 0 radical (unpaired) electrons. The molecule has 1 unspecified atom stereocenters. The van der Waals surface area contributed by atoms with Gasteiger partial charge in [-0.1, -0.05) is 20.8 Å². The molecule has 4 nitrogen and oxygen atoms in total. The van der Waals surface area contributed by atoms with Crippen molar-refractivity contribution < 1.29 is 9.53 Å². The van der Waals surface area contributed by atoms with E-state index in [-0.39, 0.29) is 6.09 Å². The van der Waals surface area contributed by atoms with E-state index in [2.05, 4.69) is 26.1 Å². The van der Waals surface area contributed by atoms with Crippen molar-refractivity contribution in [2.75, 3.05) is 13.1 Å². The number of rotatable bonds is 4. The summed E-state index contributed by atoms with van der Waals surface area (Å²) in [5.74, 6) is 0.630. The molecule has 1 aliphatic rings. The van der Waals surface area contributed by atoms with Crippen molar-refractivity contribution >= 4 is 6.09 Å². The predicted molar refractivity (Wildman–Crippen MR) is 73.6 cm³/mol. The van der Waals surface area contributed by atoms with Gasteiger partial charge in [-0.05, 0) is 33.1 Å². The van der Waals surface area contributed by atoms with E-state index in [1.54, 1.807) is 4.90 Å². The molecule has 1 rings (SSSR count). The smallest absolute Gasteiger partial charge is 0.410 e. The molecule has 1 fully saturated rings. The molecule has 0 saturated carbocycles. The van der Waals surface area contributed by atoms with E-state index >= 15 is 0 Å². The van der Waals surface area contributed by atoms with Gasteiger partial charge in [0.15, 0.2) is 0 Å². The van der Waals surface area contributed by atoms with Crippen LogP contribution in [0.4, 0.5) is 4.79 Å². The van der Waals surface area contributed by atoms with Crippen molar-refractivity contribution in [3.05, 3.63) is 0 Å². The average Bonchev–Trinajstić information content (AvgIpc) is 2.12. The number of hydrogen-bond acceptors (Lipinski definition) is 3. The molecule has 1 saturated heterocycles. The molecule has 0 aromatic carbocycles. The lowest BCUT2D eigenvalue weighted by atomic mass is 9.99. The molecule has 0 aromatic rings. The van der Waals surface area contributed by atoms with Crippen molar-refractivity contribution in [1.82, 2.24) is 10.2 Å². The van der Waals surface area contributed by atoms with Crippen LogP contribution in [0.2, 0.25) is 0 Å². The third kappa shape index (κ3) is 4.48. The summed E-state index contributed by atoms with van der Waals surface area (Å²) in [7, 11) is 0. The van der Waals surface area contributed by atoms with Crippen LogP contribution in [0.3, 0.4) is 0 Å². The SMILES string of the molecule is CCC(NC1CN(C(=O)OC(C)(C)C)C1)C(C)C. The molecule has 1 aliphatic heterocycles. The second-order valence-corrected chi connectivity index (χ2v) is 6.51. The molecule has 4 heteroatoms. The summed E-state index contributed by atoms with van der Waals surface area (Å²) in [5, 5.41) is 3.60. The number of nitrogens with zero attached hydrogens (tertiary/aromatic N) is 1. The van der Waals surface area contributed by atoms with Crippen LogP contribution in [-0.2, 0) is 4.74 Å². The first-order chi connectivity index (χ1) is 8.23. The standard InChI is InChI=1S/C14H28N2O2/c1-7-12(10(2)3)15-11-8-16(9-11)13(17)18-14(4,5)6/h10-12,15H,7-9H2,1-6H3. The number of carbonyl (C=O) groups is 1. The molecule has 1 heterocycles. The maximum absolute atomic E-state index is 11.8. The van der Waals surface area contributed by atoms with E-state index in [9.17, 15) is 4.79 Å². The lowest BCUT2D eigenvalue weighted by Gasteiger charge is -2.42. The second-order valence-electron chi connectivity index (χ2n) is 6.51. The lowest BCUT2D eigenvalue weighted by Crippen LogP contribution is -2.62. The van der Waals surface area contributed by atoms with Crippen LogP contribution in [0.15, 0.2) is 0 Å². The first-order valence-electron chi connectivity index (χ1n) is 6.97. The fourth-order valence-corrected chi connectivity index (χ4v) is 2.14. The zero-order chi connectivity index (χ0) is 13.9. The average molecular weight is 256 g/mol. The first kappa shape index (κ1) is 15.3. The lowest BCUT2D eigenvalue weighted by molar-refractivity contribution is 0.00350. The van der Waals surface area contributed by atoms with Gasteiger partial charge in [0.25, 0.3) is 0 Å². The number of carbonyl (C=O) groups excluding carboxylic acids is 1. The molecule has 0 bridgehead atoms. The van der Waals surface area contributed by atoms with Gasteiger partial charge in [-0.2, -0.15) is 0 Å². The molecular weight excluding hydrogens is 228 g/mol. The molecule has 1 amide bonds. The Morgan fingerprint density at radius 2 is 1.94 bits per heavy atom. The van der Waals surface area contributed by atoms with Crippen LogP contribution in [0.5, 0.6) is 0 Å². The summed E-state index contributed by atoms with van der Waals surface area (Å²) in [6.45, 7) is 13.9. The Hall–Kier alpha value is -0.770. The summed E-state index contributed by atoms with van der Waals surface area (Å²) >= 11 is 0. The van der Waals surface area contributed by atoms with Gasteiger partial charge in [0.1, 0.15) is 5.60 Å². The Morgan fingerprint density at radius 1 is 1.39 bits per heavy atom. The van der Waals surface area contributed by atoms with Gasteiger partial charge in [0, 0.05) is 25.2 Å². The van der Waals surface area contributed by atoms with Gasteiger partial charge >= 0.3 is 6.09 Å². The third-order valence-electron chi connectivity index (χ3n) is 3.23. The van der Waals surface area contributed by atoms with Crippen molar-refractivity contribution in [3.63, 3.8) is 0 Å². The number of nitrogens with one attached hydrogen (secondary N) is 1. The molecule has 106 valence electrons. The molecular formula is C14H28N2O2. The van der Waals surface area contributed by atoms with Crippen LogP contribution in [0, 0.1) is 5.92 Å². The predicted octanol–water partition coefficient (Wildman–Crippen LogP) is 2.63. The van der Waals surface area contributed by atoms with Gasteiger partial charge in [-0.15, -0.1) is 0 Å². The van der Waals surface area contributed by atoms with Crippen LogP contribution in [0.25, 0.3) is 0 Å².